The van der Waals surface area contributed by atoms with Gasteiger partial charge in [-0.3, -0.25) is 0 Å². The smallest absolute Gasteiger partial charge is 0.181 e. The van der Waals surface area contributed by atoms with Gasteiger partial charge in [-0.05, 0) is 53.6 Å². The van der Waals surface area contributed by atoms with Gasteiger partial charge in [-0.1, -0.05) is 44.9 Å². The van der Waals surface area contributed by atoms with E-state index in [1.165, 1.54) is 6.07 Å². The third kappa shape index (κ3) is 4.11. The van der Waals surface area contributed by atoms with Crippen LogP contribution in [0.5, 0.6) is 5.75 Å². The standard InChI is InChI=1S/C21H26INO3S/c1-3-5-11-21(4-2)14-23(16-9-7-6-8-10-16)18-12-17(22)19(24)13-20(18)27(25,26)15-21/h6-10,12-13,24H,3-5,11,14-15H2,1-2H3. The zero-order valence-corrected chi connectivity index (χ0v) is 18.8. The van der Waals surface area contributed by atoms with Crippen LogP contribution in [0.3, 0.4) is 0 Å². The summed E-state index contributed by atoms with van der Waals surface area (Å²) in [6.45, 7) is 4.88. The Morgan fingerprint density at radius 1 is 1.19 bits per heavy atom. The molecular weight excluding hydrogens is 473 g/mol. The monoisotopic (exact) mass is 499 g/mol. The van der Waals surface area contributed by atoms with E-state index in [1.54, 1.807) is 6.07 Å². The maximum absolute atomic E-state index is 13.3. The molecule has 0 spiro atoms. The number of rotatable bonds is 5. The molecule has 1 N–H and O–H groups in total. The van der Waals surface area contributed by atoms with Crippen molar-refractivity contribution < 1.29 is 13.5 Å². The Morgan fingerprint density at radius 3 is 2.52 bits per heavy atom. The molecule has 0 aliphatic carbocycles. The Balaban J connectivity index is 2.24. The Morgan fingerprint density at radius 2 is 1.89 bits per heavy atom. The molecule has 2 aromatic carbocycles. The molecule has 1 unspecified atom stereocenters. The SMILES string of the molecule is CCCCC1(CC)CN(c2ccccc2)c2cc(I)c(O)cc2S(=O)(=O)C1. The van der Waals surface area contributed by atoms with Crippen molar-refractivity contribution in [2.75, 3.05) is 17.2 Å². The van der Waals surface area contributed by atoms with Crippen LogP contribution in [0.1, 0.15) is 39.5 Å². The highest BCUT2D eigenvalue weighted by Gasteiger charge is 2.41. The fraction of sp³-hybridized carbons (Fsp3) is 0.429. The van der Waals surface area contributed by atoms with E-state index >= 15 is 0 Å². The van der Waals surface area contributed by atoms with Crippen LogP contribution in [-0.4, -0.2) is 25.8 Å². The van der Waals surface area contributed by atoms with E-state index in [4.69, 9.17) is 0 Å². The van der Waals surface area contributed by atoms with Crippen molar-refractivity contribution >= 4 is 43.8 Å². The van der Waals surface area contributed by atoms with Crippen molar-refractivity contribution in [2.24, 2.45) is 5.41 Å². The van der Waals surface area contributed by atoms with Gasteiger partial charge in [0.2, 0.25) is 0 Å². The van der Waals surface area contributed by atoms with Crippen LogP contribution in [0.15, 0.2) is 47.4 Å². The number of para-hydroxylation sites is 1. The lowest BCUT2D eigenvalue weighted by molar-refractivity contribution is 0.290. The number of benzene rings is 2. The number of aromatic hydroxyl groups is 1. The highest BCUT2D eigenvalue weighted by molar-refractivity contribution is 14.1. The van der Waals surface area contributed by atoms with E-state index in [0.717, 1.165) is 31.4 Å². The average molecular weight is 499 g/mol. The molecule has 0 bridgehead atoms. The molecular formula is C21H26INO3S. The first-order valence-corrected chi connectivity index (χ1v) is 12.1. The van der Waals surface area contributed by atoms with Gasteiger partial charge >= 0.3 is 0 Å². The van der Waals surface area contributed by atoms with Gasteiger partial charge in [0, 0.05) is 23.7 Å². The number of fused-ring (bicyclic) bond motifs is 1. The predicted octanol–water partition coefficient (Wildman–Crippen LogP) is 5.51. The number of anilines is 2. The number of hydrogen-bond acceptors (Lipinski definition) is 4. The van der Waals surface area contributed by atoms with Crippen molar-refractivity contribution in [1.29, 1.82) is 0 Å². The van der Waals surface area contributed by atoms with Gasteiger partial charge in [0.15, 0.2) is 9.84 Å². The van der Waals surface area contributed by atoms with Crippen LogP contribution in [0.2, 0.25) is 0 Å². The van der Waals surface area contributed by atoms with E-state index in [1.807, 2.05) is 30.3 Å². The highest BCUT2D eigenvalue weighted by Crippen LogP contribution is 2.45. The summed E-state index contributed by atoms with van der Waals surface area (Å²) in [6.07, 6.45) is 3.72. The van der Waals surface area contributed by atoms with E-state index in [-0.39, 0.29) is 21.8 Å². The largest absolute Gasteiger partial charge is 0.507 e. The summed E-state index contributed by atoms with van der Waals surface area (Å²) in [5.41, 5.74) is 1.33. The van der Waals surface area contributed by atoms with Crippen LogP contribution in [-0.2, 0) is 9.84 Å². The molecule has 0 saturated carbocycles. The minimum atomic E-state index is -3.51. The molecule has 0 amide bonds. The Bertz CT molecular complexity index is 915. The summed E-state index contributed by atoms with van der Waals surface area (Å²) in [4.78, 5) is 2.36. The molecule has 0 fully saturated rings. The topological polar surface area (TPSA) is 57.6 Å². The lowest BCUT2D eigenvalue weighted by Gasteiger charge is -2.36. The average Bonchev–Trinajstić information content (AvgIpc) is 2.75. The number of hydrogen-bond donors (Lipinski definition) is 1. The van der Waals surface area contributed by atoms with Crippen LogP contribution < -0.4 is 4.90 Å². The second kappa shape index (κ2) is 7.99. The van der Waals surface area contributed by atoms with Crippen LogP contribution in [0, 0.1) is 8.99 Å². The van der Waals surface area contributed by atoms with Crippen molar-refractivity contribution in [1.82, 2.24) is 0 Å². The molecule has 2 aromatic rings. The first-order valence-electron chi connectivity index (χ1n) is 9.40. The molecule has 146 valence electrons. The van der Waals surface area contributed by atoms with Gasteiger partial charge < -0.3 is 10.0 Å². The second-order valence-electron chi connectivity index (χ2n) is 7.41. The predicted molar refractivity (Wildman–Crippen MR) is 119 cm³/mol. The normalized spacial score (nSPS) is 21.5. The fourth-order valence-corrected chi connectivity index (χ4v) is 6.50. The zero-order chi connectivity index (χ0) is 19.7. The molecule has 1 aliphatic rings. The summed E-state index contributed by atoms with van der Waals surface area (Å²) < 4.78 is 27.3. The van der Waals surface area contributed by atoms with Crippen LogP contribution >= 0.6 is 22.6 Å². The van der Waals surface area contributed by atoms with Crippen molar-refractivity contribution in [3.8, 4) is 5.75 Å². The Hall–Kier alpha value is -1.28. The molecule has 1 heterocycles. The molecule has 6 heteroatoms. The number of nitrogens with zero attached hydrogens (tertiary/aromatic N) is 1. The molecule has 0 radical (unpaired) electrons. The van der Waals surface area contributed by atoms with Gasteiger partial charge in [0.1, 0.15) is 5.75 Å². The number of halogens is 1. The maximum Gasteiger partial charge on any atom is 0.181 e. The molecule has 1 aliphatic heterocycles. The van der Waals surface area contributed by atoms with Gasteiger partial charge in [0.25, 0.3) is 0 Å². The van der Waals surface area contributed by atoms with Crippen molar-refractivity contribution in [2.45, 2.75) is 44.4 Å². The zero-order valence-electron chi connectivity index (χ0n) is 15.8. The quantitative estimate of drug-likeness (QED) is 0.552. The lowest BCUT2D eigenvalue weighted by Crippen LogP contribution is -2.37. The summed E-state index contributed by atoms with van der Waals surface area (Å²) in [7, 11) is -3.51. The molecule has 1 atom stereocenters. The highest BCUT2D eigenvalue weighted by atomic mass is 127. The Labute approximate surface area is 175 Å². The van der Waals surface area contributed by atoms with Gasteiger partial charge in [-0.15, -0.1) is 0 Å². The molecule has 0 aromatic heterocycles. The molecule has 3 rings (SSSR count). The summed E-state index contributed by atoms with van der Waals surface area (Å²) in [6, 6.07) is 13.2. The summed E-state index contributed by atoms with van der Waals surface area (Å²) in [5, 5.41) is 10.2. The maximum atomic E-state index is 13.3. The van der Waals surface area contributed by atoms with Crippen LogP contribution in [0.4, 0.5) is 11.4 Å². The third-order valence-corrected chi connectivity index (χ3v) is 8.38. The van der Waals surface area contributed by atoms with Gasteiger partial charge in [-0.2, -0.15) is 0 Å². The van der Waals surface area contributed by atoms with E-state index < -0.39 is 9.84 Å². The number of phenolic OH excluding ortho intramolecular Hbond substituents is 1. The first-order chi connectivity index (χ1) is 12.8. The summed E-state index contributed by atoms with van der Waals surface area (Å²) >= 11 is 2.05. The third-order valence-electron chi connectivity index (χ3n) is 5.52. The fourth-order valence-electron chi connectivity index (χ4n) is 3.87. The first kappa shape index (κ1) is 20.5. The van der Waals surface area contributed by atoms with E-state index in [9.17, 15) is 13.5 Å². The molecule has 27 heavy (non-hydrogen) atoms. The number of phenols is 1. The number of sulfone groups is 1. The van der Waals surface area contributed by atoms with Gasteiger partial charge in [-0.25, -0.2) is 8.42 Å². The van der Waals surface area contributed by atoms with Crippen molar-refractivity contribution in [3.05, 3.63) is 46.0 Å². The van der Waals surface area contributed by atoms with Crippen LogP contribution in [0.25, 0.3) is 0 Å². The minimum Gasteiger partial charge on any atom is -0.507 e. The summed E-state index contributed by atoms with van der Waals surface area (Å²) in [5.74, 6) is 0.135. The lowest BCUT2D eigenvalue weighted by atomic mass is 9.81. The minimum absolute atomic E-state index is 0.0171. The van der Waals surface area contributed by atoms with E-state index in [0.29, 0.717) is 15.8 Å². The van der Waals surface area contributed by atoms with Gasteiger partial charge in [0.05, 0.1) is 19.9 Å². The molecule has 0 saturated heterocycles. The Kier molecular flexibility index (Phi) is 6.05. The van der Waals surface area contributed by atoms with Crippen molar-refractivity contribution in [3.63, 3.8) is 0 Å². The second-order valence-corrected chi connectivity index (χ2v) is 10.5. The van der Waals surface area contributed by atoms with E-state index in [2.05, 4.69) is 41.3 Å². The molecule has 4 nitrogen and oxygen atoms in total. The number of unbranched alkanes of at least 4 members (excludes halogenated alkanes) is 1.